The summed E-state index contributed by atoms with van der Waals surface area (Å²) in [5.41, 5.74) is 2.23. The number of rotatable bonds is 10. The van der Waals surface area contributed by atoms with Gasteiger partial charge in [0.25, 0.3) is 0 Å². The van der Waals surface area contributed by atoms with Crippen LogP contribution in [0.1, 0.15) is 51.7 Å². The first kappa shape index (κ1) is 27.7. The fraction of sp³-hybridized carbons (Fsp3) is 0.440. The minimum absolute atomic E-state index is 0.102. The van der Waals surface area contributed by atoms with Crippen molar-refractivity contribution in [2.75, 3.05) is 17.1 Å². The highest BCUT2D eigenvalue weighted by molar-refractivity contribution is 7.92. The molecule has 34 heavy (non-hydrogen) atoms. The molecule has 0 aliphatic carbocycles. The zero-order chi connectivity index (χ0) is 25.6. The van der Waals surface area contributed by atoms with E-state index in [9.17, 15) is 18.0 Å². The maximum atomic E-state index is 13.5. The van der Waals surface area contributed by atoms with Crippen LogP contribution >= 0.6 is 11.6 Å². The van der Waals surface area contributed by atoms with E-state index < -0.39 is 28.5 Å². The maximum Gasteiger partial charge on any atom is 0.244 e. The quantitative estimate of drug-likeness (QED) is 0.523. The van der Waals surface area contributed by atoms with Crippen LogP contribution in [0.4, 0.5) is 5.69 Å². The van der Waals surface area contributed by atoms with Gasteiger partial charge in [0.1, 0.15) is 12.6 Å². The van der Waals surface area contributed by atoms with Gasteiger partial charge in [0.2, 0.25) is 21.8 Å². The highest BCUT2D eigenvalue weighted by Gasteiger charge is 2.30. The van der Waals surface area contributed by atoms with Gasteiger partial charge >= 0.3 is 0 Å². The number of carbonyl (C=O) groups excluding carboxylic acids is 2. The highest BCUT2D eigenvalue weighted by Crippen LogP contribution is 2.23. The van der Waals surface area contributed by atoms with E-state index in [2.05, 4.69) is 5.32 Å². The van der Waals surface area contributed by atoms with E-state index in [4.69, 9.17) is 11.6 Å². The van der Waals surface area contributed by atoms with Crippen LogP contribution in [0.25, 0.3) is 0 Å². The average molecular weight is 508 g/mol. The van der Waals surface area contributed by atoms with Crippen molar-refractivity contribution in [3.8, 4) is 0 Å². The summed E-state index contributed by atoms with van der Waals surface area (Å²) in [7, 11) is -3.76. The predicted octanol–water partition coefficient (Wildman–Crippen LogP) is 4.17. The van der Waals surface area contributed by atoms with Gasteiger partial charge in [0, 0.05) is 17.6 Å². The Kier molecular flexibility index (Phi) is 9.53. The molecule has 186 valence electrons. The van der Waals surface area contributed by atoms with Gasteiger partial charge in [-0.15, -0.1) is 0 Å². The lowest BCUT2D eigenvalue weighted by Crippen LogP contribution is -2.52. The van der Waals surface area contributed by atoms with E-state index >= 15 is 0 Å². The zero-order valence-corrected chi connectivity index (χ0v) is 22.2. The second-order valence-corrected chi connectivity index (χ2v) is 11.3. The highest BCUT2D eigenvalue weighted by atomic mass is 35.5. The van der Waals surface area contributed by atoms with Crippen LogP contribution in [0.3, 0.4) is 0 Å². The van der Waals surface area contributed by atoms with Crippen molar-refractivity contribution in [1.29, 1.82) is 0 Å². The fourth-order valence-corrected chi connectivity index (χ4v) is 4.39. The average Bonchev–Trinajstić information content (AvgIpc) is 2.75. The number of carbonyl (C=O) groups is 2. The second kappa shape index (κ2) is 11.7. The molecule has 2 amide bonds. The molecule has 0 spiro atoms. The molecule has 1 N–H and O–H groups in total. The Balaban J connectivity index is 2.37. The van der Waals surface area contributed by atoms with Gasteiger partial charge in [-0.2, -0.15) is 0 Å². The molecule has 0 aliphatic heterocycles. The SMILES string of the molecule is CC(C)NC(=O)[C@@H](C)N(Cc1ccc(Cl)cc1)C(=O)CN(c1ccc(C(C)C)cc1)S(C)(=O)=O. The lowest BCUT2D eigenvalue weighted by atomic mass is 10.0. The van der Waals surface area contributed by atoms with Gasteiger partial charge in [-0.05, 0) is 62.1 Å². The topological polar surface area (TPSA) is 86.8 Å². The summed E-state index contributed by atoms with van der Waals surface area (Å²) < 4.78 is 26.3. The molecule has 7 nitrogen and oxygen atoms in total. The Morgan fingerprint density at radius 1 is 0.941 bits per heavy atom. The summed E-state index contributed by atoms with van der Waals surface area (Å²) in [6, 6.07) is 13.1. The van der Waals surface area contributed by atoms with E-state index in [1.54, 1.807) is 43.3 Å². The third kappa shape index (κ3) is 7.74. The van der Waals surface area contributed by atoms with Crippen molar-refractivity contribution < 1.29 is 18.0 Å². The molecule has 0 bridgehead atoms. The molecule has 0 aromatic heterocycles. The molecule has 1 atom stereocenters. The van der Waals surface area contributed by atoms with E-state index in [-0.39, 0.29) is 24.4 Å². The lowest BCUT2D eigenvalue weighted by Gasteiger charge is -2.32. The number of halogens is 1. The third-order valence-corrected chi connectivity index (χ3v) is 6.78. The van der Waals surface area contributed by atoms with E-state index in [1.165, 1.54) is 4.90 Å². The number of amides is 2. The number of hydrogen-bond acceptors (Lipinski definition) is 4. The van der Waals surface area contributed by atoms with Crippen molar-refractivity contribution >= 4 is 39.1 Å². The summed E-state index contributed by atoms with van der Waals surface area (Å²) in [6.45, 7) is 9.10. The Morgan fingerprint density at radius 3 is 1.97 bits per heavy atom. The molecule has 0 saturated carbocycles. The molecule has 2 rings (SSSR count). The summed E-state index contributed by atoms with van der Waals surface area (Å²) >= 11 is 5.98. The van der Waals surface area contributed by atoms with E-state index in [1.807, 2.05) is 39.8 Å². The van der Waals surface area contributed by atoms with Gasteiger partial charge < -0.3 is 10.2 Å². The largest absolute Gasteiger partial charge is 0.352 e. The first-order valence-corrected chi connectivity index (χ1v) is 13.4. The van der Waals surface area contributed by atoms with E-state index in [0.29, 0.717) is 10.7 Å². The number of hydrogen-bond donors (Lipinski definition) is 1. The third-order valence-electron chi connectivity index (χ3n) is 5.39. The summed E-state index contributed by atoms with van der Waals surface area (Å²) in [5.74, 6) is -0.512. The number of nitrogens with one attached hydrogen (secondary N) is 1. The lowest BCUT2D eigenvalue weighted by molar-refractivity contribution is -0.139. The first-order valence-electron chi connectivity index (χ1n) is 11.2. The van der Waals surface area contributed by atoms with Crippen LogP contribution in [0.15, 0.2) is 48.5 Å². The van der Waals surface area contributed by atoms with Crippen molar-refractivity contribution in [2.45, 2.75) is 59.2 Å². The maximum absolute atomic E-state index is 13.5. The minimum Gasteiger partial charge on any atom is -0.352 e. The molecular weight excluding hydrogens is 474 g/mol. The first-order chi connectivity index (χ1) is 15.8. The fourth-order valence-electron chi connectivity index (χ4n) is 3.41. The van der Waals surface area contributed by atoms with Crippen molar-refractivity contribution in [3.05, 3.63) is 64.7 Å². The summed E-state index contributed by atoms with van der Waals surface area (Å²) in [6.07, 6.45) is 1.06. The summed E-state index contributed by atoms with van der Waals surface area (Å²) in [4.78, 5) is 27.6. The monoisotopic (exact) mass is 507 g/mol. The minimum atomic E-state index is -3.76. The second-order valence-electron chi connectivity index (χ2n) is 9.00. The molecular formula is C25H34ClN3O4S. The van der Waals surface area contributed by atoms with Crippen LogP contribution in [0.2, 0.25) is 5.02 Å². The molecule has 2 aromatic rings. The number of nitrogens with zero attached hydrogens (tertiary/aromatic N) is 2. The number of benzene rings is 2. The molecule has 0 unspecified atom stereocenters. The molecule has 0 fully saturated rings. The Bertz CT molecular complexity index is 1080. The molecule has 0 aliphatic rings. The van der Waals surface area contributed by atoms with Gasteiger partial charge in [0.05, 0.1) is 11.9 Å². The molecule has 0 saturated heterocycles. The van der Waals surface area contributed by atoms with Crippen LogP contribution in [0, 0.1) is 0 Å². The Morgan fingerprint density at radius 2 is 1.50 bits per heavy atom. The number of anilines is 1. The Labute approximate surface area is 208 Å². The van der Waals surface area contributed by atoms with E-state index in [0.717, 1.165) is 21.7 Å². The molecule has 0 heterocycles. The molecule has 0 radical (unpaired) electrons. The van der Waals surface area contributed by atoms with Crippen molar-refractivity contribution in [2.24, 2.45) is 0 Å². The molecule has 2 aromatic carbocycles. The summed E-state index contributed by atoms with van der Waals surface area (Å²) in [5, 5.41) is 3.37. The van der Waals surface area contributed by atoms with Gasteiger partial charge in [-0.3, -0.25) is 13.9 Å². The normalized spacial score (nSPS) is 12.5. The smallest absolute Gasteiger partial charge is 0.244 e. The van der Waals surface area contributed by atoms with Gasteiger partial charge in [-0.1, -0.05) is 49.7 Å². The standard InChI is InChI=1S/C25H34ClN3O4S/c1-17(2)21-9-13-23(14-10-21)29(34(6,32)33)16-24(30)28(19(5)25(31)27-18(3)4)15-20-7-11-22(26)12-8-20/h7-14,17-19H,15-16H2,1-6H3,(H,27,31)/t19-/m1/s1. The van der Waals surface area contributed by atoms with Gasteiger partial charge in [0.15, 0.2) is 0 Å². The zero-order valence-electron chi connectivity index (χ0n) is 20.6. The molecule has 9 heteroatoms. The van der Waals surface area contributed by atoms with Crippen LogP contribution in [-0.4, -0.2) is 50.0 Å². The van der Waals surface area contributed by atoms with Crippen molar-refractivity contribution in [1.82, 2.24) is 10.2 Å². The predicted molar refractivity (Wildman–Crippen MR) is 137 cm³/mol. The van der Waals surface area contributed by atoms with Crippen LogP contribution in [0.5, 0.6) is 0 Å². The van der Waals surface area contributed by atoms with Crippen LogP contribution in [-0.2, 0) is 26.2 Å². The van der Waals surface area contributed by atoms with Crippen LogP contribution < -0.4 is 9.62 Å². The number of sulfonamides is 1. The van der Waals surface area contributed by atoms with Crippen molar-refractivity contribution in [3.63, 3.8) is 0 Å². The Hall–Kier alpha value is -2.58. The van der Waals surface area contributed by atoms with Gasteiger partial charge in [-0.25, -0.2) is 8.42 Å².